The molecule has 0 spiro atoms. The second-order valence-electron chi connectivity index (χ2n) is 3.74. The van der Waals surface area contributed by atoms with Gasteiger partial charge in [-0.25, -0.2) is 0 Å². The Hall–Kier alpha value is -1.42. The highest BCUT2D eigenvalue weighted by molar-refractivity contribution is 5.52. The van der Waals surface area contributed by atoms with Gasteiger partial charge in [-0.2, -0.15) is 0 Å². The van der Waals surface area contributed by atoms with Gasteiger partial charge >= 0.3 is 0 Å². The van der Waals surface area contributed by atoms with Crippen molar-refractivity contribution in [2.24, 2.45) is 0 Å². The van der Waals surface area contributed by atoms with Crippen molar-refractivity contribution in [2.75, 3.05) is 27.9 Å². The number of hydrogen-bond acceptors (Lipinski definition) is 4. The average Bonchev–Trinajstić information content (AvgIpc) is 2.26. The standard InChI is InChI=1S/C12H17NO3/c1-14-10-7-12(16-3)11(15-2)6-8(10)9-4-5-13-9/h6-7,9,13H,4-5H2,1-3H3/t9-/m1/s1. The zero-order valence-corrected chi connectivity index (χ0v) is 9.87. The lowest BCUT2D eigenvalue weighted by Gasteiger charge is -2.29. The lowest BCUT2D eigenvalue weighted by Crippen LogP contribution is -2.35. The van der Waals surface area contributed by atoms with Crippen LogP contribution in [0.2, 0.25) is 0 Å². The highest BCUT2D eigenvalue weighted by Gasteiger charge is 2.24. The van der Waals surface area contributed by atoms with Crippen LogP contribution in [-0.4, -0.2) is 27.9 Å². The fourth-order valence-electron chi connectivity index (χ4n) is 1.88. The molecule has 1 aliphatic rings. The van der Waals surface area contributed by atoms with Crippen molar-refractivity contribution in [3.63, 3.8) is 0 Å². The minimum Gasteiger partial charge on any atom is -0.496 e. The van der Waals surface area contributed by atoms with E-state index in [0.29, 0.717) is 11.8 Å². The zero-order chi connectivity index (χ0) is 11.5. The van der Waals surface area contributed by atoms with Gasteiger partial charge in [0, 0.05) is 17.7 Å². The molecule has 4 heteroatoms. The van der Waals surface area contributed by atoms with Gasteiger partial charge in [0.15, 0.2) is 11.5 Å². The lowest BCUT2D eigenvalue weighted by atomic mass is 9.96. The second kappa shape index (κ2) is 4.61. The van der Waals surface area contributed by atoms with Crippen LogP contribution in [0.4, 0.5) is 0 Å². The van der Waals surface area contributed by atoms with Crippen LogP contribution in [0, 0.1) is 0 Å². The molecule has 1 aromatic rings. The van der Waals surface area contributed by atoms with E-state index in [1.165, 1.54) is 0 Å². The van der Waals surface area contributed by atoms with E-state index in [2.05, 4.69) is 5.32 Å². The molecule has 0 aromatic heterocycles. The van der Waals surface area contributed by atoms with Gasteiger partial charge in [-0.3, -0.25) is 0 Å². The number of ether oxygens (including phenoxy) is 3. The van der Waals surface area contributed by atoms with E-state index in [1.54, 1.807) is 21.3 Å². The Bertz CT molecular complexity index is 375. The van der Waals surface area contributed by atoms with Crippen LogP contribution in [0.1, 0.15) is 18.0 Å². The average molecular weight is 223 g/mol. The number of rotatable bonds is 4. The quantitative estimate of drug-likeness (QED) is 0.844. The molecule has 0 aliphatic carbocycles. The van der Waals surface area contributed by atoms with Crippen LogP contribution in [-0.2, 0) is 0 Å². The molecule has 1 aliphatic heterocycles. The molecule has 1 aromatic carbocycles. The van der Waals surface area contributed by atoms with Crippen LogP contribution >= 0.6 is 0 Å². The molecule has 1 saturated heterocycles. The maximum Gasteiger partial charge on any atom is 0.164 e. The third-order valence-electron chi connectivity index (χ3n) is 2.94. The number of nitrogens with one attached hydrogen (secondary N) is 1. The van der Waals surface area contributed by atoms with Crippen LogP contribution in [0.3, 0.4) is 0 Å². The Morgan fingerprint density at radius 2 is 1.56 bits per heavy atom. The summed E-state index contributed by atoms with van der Waals surface area (Å²) in [5, 5.41) is 3.35. The molecule has 16 heavy (non-hydrogen) atoms. The normalized spacial score (nSPS) is 18.8. The van der Waals surface area contributed by atoms with Crippen molar-refractivity contribution in [2.45, 2.75) is 12.5 Å². The van der Waals surface area contributed by atoms with Crippen LogP contribution in [0.15, 0.2) is 12.1 Å². The van der Waals surface area contributed by atoms with Crippen LogP contribution < -0.4 is 19.5 Å². The minimum atomic E-state index is 0.370. The molecule has 2 rings (SSSR count). The Morgan fingerprint density at radius 3 is 2.00 bits per heavy atom. The summed E-state index contributed by atoms with van der Waals surface area (Å²) in [5.74, 6) is 2.28. The van der Waals surface area contributed by atoms with Gasteiger partial charge in [0.25, 0.3) is 0 Å². The Kier molecular flexibility index (Phi) is 3.19. The number of hydrogen-bond donors (Lipinski definition) is 1. The summed E-state index contributed by atoms with van der Waals surface area (Å²) in [5.41, 5.74) is 1.13. The van der Waals surface area contributed by atoms with Crippen molar-refractivity contribution in [1.82, 2.24) is 5.32 Å². The third-order valence-corrected chi connectivity index (χ3v) is 2.94. The van der Waals surface area contributed by atoms with Gasteiger partial charge < -0.3 is 19.5 Å². The monoisotopic (exact) mass is 223 g/mol. The molecule has 1 fully saturated rings. The molecule has 4 nitrogen and oxygen atoms in total. The first-order valence-corrected chi connectivity index (χ1v) is 5.33. The lowest BCUT2D eigenvalue weighted by molar-refractivity contribution is 0.332. The maximum atomic E-state index is 5.37. The van der Waals surface area contributed by atoms with Gasteiger partial charge in [0.1, 0.15) is 5.75 Å². The predicted octanol–water partition coefficient (Wildman–Crippen LogP) is 1.75. The van der Waals surface area contributed by atoms with E-state index in [-0.39, 0.29) is 0 Å². The first-order valence-electron chi connectivity index (χ1n) is 5.33. The van der Waals surface area contributed by atoms with Crippen LogP contribution in [0.25, 0.3) is 0 Å². The number of benzene rings is 1. The van der Waals surface area contributed by atoms with Crippen molar-refractivity contribution in [1.29, 1.82) is 0 Å². The minimum absolute atomic E-state index is 0.370. The molecule has 88 valence electrons. The van der Waals surface area contributed by atoms with E-state index in [4.69, 9.17) is 14.2 Å². The van der Waals surface area contributed by atoms with E-state index < -0.39 is 0 Å². The highest BCUT2D eigenvalue weighted by atomic mass is 16.5. The SMILES string of the molecule is COc1cc(OC)c([C@H]2CCN2)cc1OC. The molecule has 0 radical (unpaired) electrons. The summed E-state index contributed by atoms with van der Waals surface area (Å²) >= 11 is 0. The summed E-state index contributed by atoms with van der Waals surface area (Å²) < 4.78 is 15.9. The second-order valence-corrected chi connectivity index (χ2v) is 3.74. The van der Waals surface area contributed by atoms with Crippen molar-refractivity contribution >= 4 is 0 Å². The molecular formula is C12H17NO3. The summed E-state index contributed by atoms with van der Waals surface area (Å²) in [4.78, 5) is 0. The van der Waals surface area contributed by atoms with E-state index in [1.807, 2.05) is 12.1 Å². The Balaban J connectivity index is 2.41. The van der Waals surface area contributed by atoms with E-state index >= 15 is 0 Å². The fraction of sp³-hybridized carbons (Fsp3) is 0.500. The van der Waals surface area contributed by atoms with Gasteiger partial charge in [0.05, 0.1) is 21.3 Å². The molecule has 1 N–H and O–H groups in total. The molecule has 1 atom stereocenters. The first-order chi connectivity index (χ1) is 7.80. The molecular weight excluding hydrogens is 206 g/mol. The highest BCUT2D eigenvalue weighted by Crippen LogP contribution is 2.39. The van der Waals surface area contributed by atoms with Crippen LogP contribution in [0.5, 0.6) is 17.2 Å². The topological polar surface area (TPSA) is 39.7 Å². The molecule has 0 bridgehead atoms. The van der Waals surface area contributed by atoms with Crippen molar-refractivity contribution < 1.29 is 14.2 Å². The van der Waals surface area contributed by atoms with Gasteiger partial charge in [0.2, 0.25) is 0 Å². The number of methoxy groups -OCH3 is 3. The van der Waals surface area contributed by atoms with Crippen molar-refractivity contribution in [3.8, 4) is 17.2 Å². The summed E-state index contributed by atoms with van der Waals surface area (Å²) in [6.07, 6.45) is 1.13. The molecule has 0 unspecified atom stereocenters. The summed E-state index contributed by atoms with van der Waals surface area (Å²) in [6.45, 7) is 1.06. The Labute approximate surface area is 95.5 Å². The molecule has 1 heterocycles. The maximum absolute atomic E-state index is 5.37. The predicted molar refractivity (Wildman–Crippen MR) is 61.5 cm³/mol. The Morgan fingerprint density at radius 1 is 1.00 bits per heavy atom. The van der Waals surface area contributed by atoms with Gasteiger partial charge in [-0.1, -0.05) is 0 Å². The van der Waals surface area contributed by atoms with Crippen molar-refractivity contribution in [3.05, 3.63) is 17.7 Å². The molecule has 0 amide bonds. The van der Waals surface area contributed by atoms with Gasteiger partial charge in [-0.05, 0) is 19.0 Å². The fourth-order valence-corrected chi connectivity index (χ4v) is 1.88. The first kappa shape index (κ1) is 11.1. The summed E-state index contributed by atoms with van der Waals surface area (Å²) in [7, 11) is 4.93. The molecule has 0 saturated carbocycles. The summed E-state index contributed by atoms with van der Waals surface area (Å²) in [6, 6.07) is 4.22. The van der Waals surface area contributed by atoms with E-state index in [0.717, 1.165) is 30.0 Å². The zero-order valence-electron chi connectivity index (χ0n) is 9.87. The smallest absolute Gasteiger partial charge is 0.164 e. The third kappa shape index (κ3) is 1.80. The van der Waals surface area contributed by atoms with Gasteiger partial charge in [-0.15, -0.1) is 0 Å². The largest absolute Gasteiger partial charge is 0.496 e. The van der Waals surface area contributed by atoms with E-state index in [9.17, 15) is 0 Å².